The highest BCUT2D eigenvalue weighted by Crippen LogP contribution is 2.63. The molecule has 0 aromatic carbocycles. The van der Waals surface area contributed by atoms with E-state index in [4.69, 9.17) is 17.1 Å². The van der Waals surface area contributed by atoms with Crippen LogP contribution in [0.1, 0.15) is 7.79 Å². The zero-order valence-electron chi connectivity index (χ0n) is 8.94. The minimum atomic E-state index is -2.47. The molecule has 0 radical (unpaired) electrons. The summed E-state index contributed by atoms with van der Waals surface area (Å²) in [6, 6.07) is 0. The summed E-state index contributed by atoms with van der Waals surface area (Å²) in [7, 11) is 0. The summed E-state index contributed by atoms with van der Waals surface area (Å²) in [6.45, 7) is 0. The third-order valence-electron chi connectivity index (χ3n) is 3.33. The molecule has 0 aromatic rings. The molecule has 0 bridgehead atoms. The minimum absolute atomic E-state index is 0.319. The highest BCUT2D eigenvalue weighted by atomic mass is 16.4. The topological polar surface area (TPSA) is 144 Å². The molecule has 0 aliphatic heterocycles. The van der Waals surface area contributed by atoms with Gasteiger partial charge in [-0.1, -0.05) is 5.11 Å². The van der Waals surface area contributed by atoms with E-state index in [0.29, 0.717) is 0 Å². The monoisotopic (exact) mass is 228 g/mol. The van der Waals surface area contributed by atoms with Gasteiger partial charge in [0.25, 0.3) is 0 Å². The Labute approximate surface area is 90.5 Å². The summed E-state index contributed by atoms with van der Waals surface area (Å²) in [6.07, 6.45) is -2.79. The van der Waals surface area contributed by atoms with Crippen molar-refractivity contribution in [2.75, 3.05) is 0 Å². The fourth-order valence-corrected chi connectivity index (χ4v) is 2.61. The molecule has 8 heteroatoms. The van der Waals surface area contributed by atoms with Crippen LogP contribution in [0.2, 0.25) is 0 Å². The SMILES string of the molecule is [2H][C@]1(O)C[C@H]2[C@H](C(=O)O)[C@H]2[C@]1(N=[N+]=[N-])C(=O)O. The van der Waals surface area contributed by atoms with Crippen LogP contribution in [0.15, 0.2) is 5.11 Å². The fourth-order valence-electron chi connectivity index (χ4n) is 2.61. The third-order valence-corrected chi connectivity index (χ3v) is 3.33. The molecule has 86 valence electrons. The molecule has 2 fully saturated rings. The Morgan fingerprint density at radius 1 is 1.56 bits per heavy atom. The van der Waals surface area contributed by atoms with Crippen LogP contribution in [-0.2, 0) is 9.59 Å². The lowest BCUT2D eigenvalue weighted by atomic mass is 9.89. The first-order chi connectivity index (χ1) is 7.79. The average molecular weight is 228 g/mol. The van der Waals surface area contributed by atoms with Crippen molar-refractivity contribution in [2.45, 2.75) is 18.0 Å². The van der Waals surface area contributed by atoms with Gasteiger partial charge < -0.3 is 15.3 Å². The number of carbonyl (C=O) groups is 2. The third kappa shape index (κ3) is 1.05. The number of hydrogen-bond acceptors (Lipinski definition) is 4. The molecule has 2 aliphatic carbocycles. The van der Waals surface area contributed by atoms with Crippen molar-refractivity contribution in [1.82, 2.24) is 0 Å². The maximum Gasteiger partial charge on any atom is 0.318 e. The van der Waals surface area contributed by atoms with E-state index in [9.17, 15) is 14.7 Å². The van der Waals surface area contributed by atoms with Gasteiger partial charge in [-0.15, -0.1) is 0 Å². The van der Waals surface area contributed by atoms with Gasteiger partial charge in [0.15, 0.2) is 5.54 Å². The molecule has 2 rings (SSSR count). The minimum Gasteiger partial charge on any atom is -0.481 e. The molecule has 0 amide bonds. The van der Waals surface area contributed by atoms with Crippen LogP contribution in [-0.4, -0.2) is 38.9 Å². The molecule has 0 spiro atoms. The average Bonchev–Trinajstić information content (AvgIpc) is 2.80. The normalized spacial score (nSPS) is 49.8. The van der Waals surface area contributed by atoms with Crippen LogP contribution < -0.4 is 0 Å². The predicted molar refractivity (Wildman–Crippen MR) is 48.2 cm³/mol. The van der Waals surface area contributed by atoms with Crippen LogP contribution in [0, 0.1) is 17.8 Å². The fraction of sp³-hybridized carbons (Fsp3) is 0.750. The predicted octanol–water partition coefficient (Wildman–Crippen LogP) is -0.169. The lowest BCUT2D eigenvalue weighted by molar-refractivity contribution is -0.149. The number of fused-ring (bicyclic) bond motifs is 1. The molecule has 2 saturated carbocycles. The maximum atomic E-state index is 11.2. The number of azide groups is 1. The lowest BCUT2D eigenvalue weighted by Gasteiger charge is -2.25. The smallest absolute Gasteiger partial charge is 0.318 e. The van der Waals surface area contributed by atoms with Gasteiger partial charge in [-0.05, 0) is 17.9 Å². The summed E-state index contributed by atoms with van der Waals surface area (Å²) in [5.74, 6) is -5.48. The molecule has 2 aliphatic rings. The van der Waals surface area contributed by atoms with Crippen molar-refractivity contribution in [3.63, 3.8) is 0 Å². The van der Waals surface area contributed by atoms with Crippen molar-refractivity contribution < 1.29 is 26.3 Å². The van der Waals surface area contributed by atoms with E-state index in [0.717, 1.165) is 0 Å². The van der Waals surface area contributed by atoms with Gasteiger partial charge in [-0.2, -0.15) is 0 Å². The molecule has 16 heavy (non-hydrogen) atoms. The van der Waals surface area contributed by atoms with Crippen LogP contribution in [0.5, 0.6) is 0 Å². The number of carboxylic acid groups (broad SMARTS) is 2. The number of carboxylic acids is 2. The van der Waals surface area contributed by atoms with Gasteiger partial charge in [0.05, 0.1) is 13.4 Å². The second-order valence-electron chi connectivity index (χ2n) is 3.97. The summed E-state index contributed by atoms with van der Waals surface area (Å²) in [5, 5.41) is 30.7. The molecule has 0 saturated heterocycles. The molecule has 5 atom stereocenters. The van der Waals surface area contributed by atoms with Gasteiger partial charge in [0.1, 0.15) is 0 Å². The van der Waals surface area contributed by atoms with E-state index in [1.165, 1.54) is 0 Å². The standard InChI is InChI=1S/C8H9N3O5/c9-11-10-8(7(15)16)3(12)1-2-4(5(2)8)6(13)14/h2-5,12H,1H2,(H,13,14)(H,15,16)/t2-,3-,4-,5-,8-/m0/s1/i3D. The Morgan fingerprint density at radius 2 is 2.19 bits per heavy atom. The number of aliphatic carboxylic acids is 2. The highest BCUT2D eigenvalue weighted by molar-refractivity contribution is 5.86. The van der Waals surface area contributed by atoms with E-state index in [1.54, 1.807) is 0 Å². The van der Waals surface area contributed by atoms with Crippen LogP contribution in [0.4, 0.5) is 0 Å². The van der Waals surface area contributed by atoms with Crippen molar-refractivity contribution >= 4 is 11.9 Å². The van der Waals surface area contributed by atoms with Gasteiger partial charge in [-0.25, -0.2) is 0 Å². The van der Waals surface area contributed by atoms with Gasteiger partial charge >= 0.3 is 11.9 Å². The van der Waals surface area contributed by atoms with E-state index in [2.05, 4.69) is 10.0 Å². The first kappa shape index (κ1) is 9.44. The van der Waals surface area contributed by atoms with E-state index in [-0.39, 0.29) is 6.42 Å². The van der Waals surface area contributed by atoms with Crippen LogP contribution >= 0.6 is 0 Å². The Balaban J connectivity index is 2.50. The van der Waals surface area contributed by atoms with Gasteiger partial charge in [-0.3, -0.25) is 9.59 Å². The molecule has 0 heterocycles. The Kier molecular flexibility index (Phi) is 1.83. The zero-order chi connectivity index (χ0) is 13.0. The van der Waals surface area contributed by atoms with Crippen molar-refractivity contribution in [3.8, 4) is 0 Å². The second kappa shape index (κ2) is 3.10. The summed E-state index contributed by atoms with van der Waals surface area (Å²) >= 11 is 0. The first-order valence-electron chi connectivity index (χ1n) is 5.04. The summed E-state index contributed by atoms with van der Waals surface area (Å²) in [4.78, 5) is 24.4. The summed E-state index contributed by atoms with van der Waals surface area (Å²) < 4.78 is 7.53. The quantitative estimate of drug-likeness (QED) is 0.349. The van der Waals surface area contributed by atoms with Gasteiger partial charge in [0, 0.05) is 10.8 Å². The summed E-state index contributed by atoms with van der Waals surface area (Å²) in [5.41, 5.74) is 5.98. The maximum absolute atomic E-state index is 11.2. The molecular formula is C8H9N3O5. The second-order valence-corrected chi connectivity index (χ2v) is 3.97. The first-order valence-corrected chi connectivity index (χ1v) is 4.54. The van der Waals surface area contributed by atoms with Crippen LogP contribution in [0.25, 0.3) is 10.4 Å². The zero-order valence-corrected chi connectivity index (χ0v) is 7.94. The van der Waals surface area contributed by atoms with Crippen molar-refractivity contribution in [2.24, 2.45) is 22.9 Å². The Morgan fingerprint density at radius 3 is 2.62 bits per heavy atom. The molecular weight excluding hydrogens is 218 g/mol. The highest BCUT2D eigenvalue weighted by Gasteiger charge is 2.75. The van der Waals surface area contributed by atoms with Crippen molar-refractivity contribution in [1.29, 1.82) is 0 Å². The number of hydrogen-bond donors (Lipinski definition) is 3. The van der Waals surface area contributed by atoms with Crippen molar-refractivity contribution in [3.05, 3.63) is 10.4 Å². The lowest BCUT2D eigenvalue weighted by Crippen LogP contribution is -2.48. The largest absolute Gasteiger partial charge is 0.481 e. The Hall–Kier alpha value is -1.79. The number of nitrogens with zero attached hydrogens (tertiary/aromatic N) is 3. The van der Waals surface area contributed by atoms with E-state index < -0.39 is 41.3 Å². The molecule has 8 nitrogen and oxygen atoms in total. The van der Waals surface area contributed by atoms with Gasteiger partial charge in [0.2, 0.25) is 0 Å². The molecule has 0 aromatic heterocycles. The molecule has 0 unspecified atom stereocenters. The number of aliphatic hydroxyl groups is 1. The van der Waals surface area contributed by atoms with E-state index in [1.807, 2.05) is 0 Å². The van der Waals surface area contributed by atoms with Crippen LogP contribution in [0.3, 0.4) is 0 Å². The molecule has 3 N–H and O–H groups in total. The Bertz CT molecular complexity index is 456. The van der Waals surface area contributed by atoms with E-state index >= 15 is 0 Å². The number of rotatable bonds is 3.